The van der Waals surface area contributed by atoms with Gasteiger partial charge in [0.15, 0.2) is 0 Å². The molecule has 0 amide bonds. The van der Waals surface area contributed by atoms with Gasteiger partial charge in [-0.2, -0.15) is 0 Å². The van der Waals surface area contributed by atoms with Crippen LogP contribution < -0.4 is 0 Å². The first-order valence-electron chi connectivity index (χ1n) is 4.20. The molecule has 0 aromatic rings. The molecule has 0 N–H and O–H groups in total. The first-order chi connectivity index (χ1) is 4.70. The van der Waals surface area contributed by atoms with Gasteiger partial charge in [0.05, 0.1) is 0 Å². The molecule has 1 aliphatic rings. The molecule has 0 saturated carbocycles. The SMILES string of the molecule is CC(C)N1CCC([AsH2])CC1. The number of hydrogen-bond donors (Lipinski definition) is 0. The Balaban J connectivity index is 2.26. The Morgan fingerprint density at radius 1 is 1.30 bits per heavy atom. The molecule has 0 aromatic carbocycles. The number of hydrogen-bond acceptors (Lipinski definition) is 1. The van der Waals surface area contributed by atoms with Gasteiger partial charge in [-0.15, -0.1) is 0 Å². The minimum absolute atomic E-state index is 0.764. The summed E-state index contributed by atoms with van der Waals surface area (Å²) in [6.45, 7) is 7.25. The molecule has 1 aliphatic heterocycles. The molecule has 0 aromatic heterocycles. The molecule has 0 bridgehead atoms. The standard InChI is InChI=1S/C8H18AsN/c1-7(2)10-5-3-8(9)4-6-10/h7-8H,3-6,9H2,1-2H3. The average Bonchev–Trinajstić information content (AvgIpc) is 1.88. The Kier molecular flexibility index (Phi) is 3.26. The molecule has 1 nitrogen and oxygen atoms in total. The summed E-state index contributed by atoms with van der Waals surface area (Å²) in [4.78, 5) is 2.58. The van der Waals surface area contributed by atoms with Gasteiger partial charge in [-0.1, -0.05) is 0 Å². The predicted octanol–water partition coefficient (Wildman–Crippen LogP) is 0.912. The van der Waals surface area contributed by atoms with Crippen LogP contribution in [0.3, 0.4) is 0 Å². The van der Waals surface area contributed by atoms with Crippen molar-refractivity contribution >= 4 is 16.9 Å². The molecule has 1 rings (SSSR count). The summed E-state index contributed by atoms with van der Waals surface area (Å²) in [6, 6.07) is 0.764. The Hall–Kier alpha value is 0.518. The van der Waals surface area contributed by atoms with E-state index in [4.69, 9.17) is 0 Å². The van der Waals surface area contributed by atoms with Crippen molar-refractivity contribution in [2.45, 2.75) is 37.4 Å². The van der Waals surface area contributed by atoms with Crippen LogP contribution in [0.2, 0.25) is 4.71 Å². The first kappa shape index (κ1) is 8.61. The van der Waals surface area contributed by atoms with Gasteiger partial charge in [-0.25, -0.2) is 0 Å². The van der Waals surface area contributed by atoms with E-state index in [1.165, 1.54) is 25.9 Å². The second-order valence-electron chi connectivity index (χ2n) is 3.47. The zero-order chi connectivity index (χ0) is 7.56. The van der Waals surface area contributed by atoms with E-state index in [1.54, 1.807) is 0 Å². The van der Waals surface area contributed by atoms with E-state index in [2.05, 4.69) is 18.7 Å². The maximum absolute atomic E-state index is 2.58. The van der Waals surface area contributed by atoms with E-state index < -0.39 is 0 Å². The summed E-state index contributed by atoms with van der Waals surface area (Å²) in [5.74, 6) is 0. The normalized spacial score (nSPS) is 24.0. The van der Waals surface area contributed by atoms with Crippen molar-refractivity contribution in [2.75, 3.05) is 13.1 Å². The predicted molar refractivity (Wildman–Crippen MR) is 48.2 cm³/mol. The molecule has 1 atom stereocenters. The molecule has 2 heteroatoms. The molecule has 0 radical (unpaired) electrons. The molecule has 10 heavy (non-hydrogen) atoms. The minimum atomic E-state index is 0.764. The van der Waals surface area contributed by atoms with Crippen molar-refractivity contribution in [2.24, 2.45) is 0 Å². The summed E-state index contributed by atoms with van der Waals surface area (Å²) in [6.07, 6.45) is 2.86. The van der Waals surface area contributed by atoms with E-state index in [1.807, 2.05) is 16.9 Å². The topological polar surface area (TPSA) is 3.24 Å². The number of nitrogens with zero attached hydrogens (tertiary/aromatic N) is 1. The van der Waals surface area contributed by atoms with Gasteiger partial charge < -0.3 is 0 Å². The Bertz CT molecular complexity index is 95.4. The van der Waals surface area contributed by atoms with Crippen LogP contribution in [-0.4, -0.2) is 40.9 Å². The second-order valence-corrected chi connectivity index (χ2v) is 5.45. The summed E-state index contributed by atoms with van der Waals surface area (Å²) in [7, 11) is 0. The van der Waals surface area contributed by atoms with Crippen LogP contribution in [-0.2, 0) is 0 Å². The third kappa shape index (κ3) is 2.28. The van der Waals surface area contributed by atoms with Crippen LogP contribution in [0, 0.1) is 0 Å². The molecular formula is C8H18AsN. The van der Waals surface area contributed by atoms with Gasteiger partial charge in [0.1, 0.15) is 0 Å². The van der Waals surface area contributed by atoms with E-state index in [0.29, 0.717) is 0 Å². The zero-order valence-corrected chi connectivity index (χ0v) is 9.43. The van der Waals surface area contributed by atoms with E-state index in [0.717, 1.165) is 10.7 Å². The van der Waals surface area contributed by atoms with Crippen LogP contribution in [0.5, 0.6) is 0 Å². The summed E-state index contributed by atoms with van der Waals surface area (Å²) in [5, 5.41) is 0. The third-order valence-electron chi connectivity index (χ3n) is 2.30. The molecule has 0 aliphatic carbocycles. The average molecular weight is 203 g/mol. The van der Waals surface area contributed by atoms with Gasteiger partial charge in [-0.05, 0) is 0 Å². The second kappa shape index (κ2) is 3.78. The van der Waals surface area contributed by atoms with Gasteiger partial charge in [0.2, 0.25) is 0 Å². The molecule has 1 saturated heterocycles. The number of likely N-dealkylation sites (tertiary alicyclic amines) is 1. The quantitative estimate of drug-likeness (QED) is 0.572. The molecule has 1 heterocycles. The fraction of sp³-hybridized carbons (Fsp3) is 1.00. The monoisotopic (exact) mass is 203 g/mol. The Morgan fingerprint density at radius 2 is 1.80 bits per heavy atom. The van der Waals surface area contributed by atoms with Crippen LogP contribution in [0.1, 0.15) is 26.7 Å². The van der Waals surface area contributed by atoms with E-state index in [-0.39, 0.29) is 0 Å². The Morgan fingerprint density at radius 3 is 2.20 bits per heavy atom. The molecule has 60 valence electrons. The Labute approximate surface area is 72.7 Å². The van der Waals surface area contributed by atoms with Crippen molar-refractivity contribution in [1.29, 1.82) is 0 Å². The number of piperidine rings is 1. The molecule has 1 unspecified atom stereocenters. The molecule has 0 spiro atoms. The van der Waals surface area contributed by atoms with E-state index in [9.17, 15) is 0 Å². The van der Waals surface area contributed by atoms with Crippen LogP contribution in [0.4, 0.5) is 0 Å². The van der Waals surface area contributed by atoms with Gasteiger partial charge >= 0.3 is 72.3 Å². The summed E-state index contributed by atoms with van der Waals surface area (Å²) >= 11 is 1.93. The van der Waals surface area contributed by atoms with Crippen molar-refractivity contribution in [3.63, 3.8) is 0 Å². The fourth-order valence-electron chi connectivity index (χ4n) is 1.44. The van der Waals surface area contributed by atoms with Crippen molar-refractivity contribution in [3.8, 4) is 0 Å². The van der Waals surface area contributed by atoms with Crippen LogP contribution in [0.25, 0.3) is 0 Å². The van der Waals surface area contributed by atoms with Crippen molar-refractivity contribution < 1.29 is 0 Å². The summed E-state index contributed by atoms with van der Waals surface area (Å²) < 4.78 is 1.03. The van der Waals surface area contributed by atoms with E-state index >= 15 is 0 Å². The molecule has 1 fully saturated rings. The van der Waals surface area contributed by atoms with Crippen LogP contribution >= 0.6 is 0 Å². The van der Waals surface area contributed by atoms with Gasteiger partial charge in [-0.3, -0.25) is 0 Å². The first-order valence-corrected chi connectivity index (χ1v) is 5.59. The third-order valence-corrected chi connectivity index (χ3v) is 3.70. The van der Waals surface area contributed by atoms with Crippen molar-refractivity contribution in [1.82, 2.24) is 4.90 Å². The van der Waals surface area contributed by atoms with Crippen molar-refractivity contribution in [3.05, 3.63) is 0 Å². The maximum atomic E-state index is 2.58. The number of rotatable bonds is 1. The summed E-state index contributed by atoms with van der Waals surface area (Å²) in [5.41, 5.74) is 0. The van der Waals surface area contributed by atoms with Gasteiger partial charge in [0.25, 0.3) is 0 Å². The molecular weight excluding hydrogens is 185 g/mol. The fourth-order valence-corrected chi connectivity index (χ4v) is 2.06. The van der Waals surface area contributed by atoms with Crippen LogP contribution in [0.15, 0.2) is 0 Å². The zero-order valence-electron chi connectivity index (χ0n) is 7.01. The van der Waals surface area contributed by atoms with Gasteiger partial charge in [0, 0.05) is 0 Å².